The molecule has 1 N–H and O–H groups in total. The maximum absolute atomic E-state index is 12.8. The SMILES string of the molecule is Cc1cc(CNC2=NC(=O)[C@H](C(C)C)S2)c(C(F)(F)F)o1. The van der Waals surface area contributed by atoms with Crippen LogP contribution in [-0.4, -0.2) is 16.3 Å². The number of halogens is 3. The zero-order valence-electron chi connectivity index (χ0n) is 11.7. The monoisotopic (exact) mass is 320 g/mol. The van der Waals surface area contributed by atoms with E-state index in [4.69, 9.17) is 4.42 Å². The van der Waals surface area contributed by atoms with Gasteiger partial charge in [0.05, 0.1) is 5.25 Å². The van der Waals surface area contributed by atoms with Crippen LogP contribution in [0.15, 0.2) is 15.5 Å². The molecular weight excluding hydrogens is 305 g/mol. The Morgan fingerprint density at radius 2 is 2.14 bits per heavy atom. The number of aryl methyl sites for hydroxylation is 1. The lowest BCUT2D eigenvalue weighted by molar-refractivity contribution is -0.154. The molecular formula is C13H15F3N2O2S. The second kappa shape index (κ2) is 5.75. The summed E-state index contributed by atoms with van der Waals surface area (Å²) < 4.78 is 43.0. The molecule has 1 aliphatic rings. The molecule has 0 saturated carbocycles. The van der Waals surface area contributed by atoms with Crippen molar-refractivity contribution in [3.05, 3.63) is 23.2 Å². The molecule has 0 saturated heterocycles. The van der Waals surface area contributed by atoms with Crippen molar-refractivity contribution < 1.29 is 22.4 Å². The van der Waals surface area contributed by atoms with Gasteiger partial charge in [0.15, 0.2) is 5.17 Å². The molecule has 0 unspecified atom stereocenters. The van der Waals surface area contributed by atoms with Gasteiger partial charge in [-0.05, 0) is 18.9 Å². The summed E-state index contributed by atoms with van der Waals surface area (Å²) in [5, 5.41) is 2.85. The van der Waals surface area contributed by atoms with Crippen LogP contribution in [0, 0.1) is 12.8 Å². The van der Waals surface area contributed by atoms with Crippen LogP contribution in [0.5, 0.6) is 0 Å². The number of amides is 1. The summed E-state index contributed by atoms with van der Waals surface area (Å²) in [5.74, 6) is -0.955. The van der Waals surface area contributed by atoms with Crippen LogP contribution in [0.3, 0.4) is 0 Å². The number of furan rings is 1. The maximum atomic E-state index is 12.8. The quantitative estimate of drug-likeness (QED) is 0.928. The van der Waals surface area contributed by atoms with Crippen molar-refractivity contribution in [1.82, 2.24) is 5.32 Å². The zero-order valence-corrected chi connectivity index (χ0v) is 12.6. The average Bonchev–Trinajstić information content (AvgIpc) is 2.89. The highest BCUT2D eigenvalue weighted by Crippen LogP contribution is 2.34. The van der Waals surface area contributed by atoms with Crippen molar-refractivity contribution >= 4 is 22.8 Å². The van der Waals surface area contributed by atoms with Crippen molar-refractivity contribution in [2.75, 3.05) is 0 Å². The lowest BCUT2D eigenvalue weighted by Gasteiger charge is -2.11. The van der Waals surface area contributed by atoms with Crippen molar-refractivity contribution in [1.29, 1.82) is 0 Å². The van der Waals surface area contributed by atoms with Gasteiger partial charge in [0, 0.05) is 12.1 Å². The summed E-state index contributed by atoms with van der Waals surface area (Å²) in [6.45, 7) is 5.17. The van der Waals surface area contributed by atoms with Crippen molar-refractivity contribution in [2.24, 2.45) is 10.9 Å². The fraction of sp³-hybridized carbons (Fsp3) is 0.538. The lowest BCUT2D eigenvalue weighted by Crippen LogP contribution is -2.21. The number of alkyl halides is 3. The summed E-state index contributed by atoms with van der Waals surface area (Å²) >= 11 is 1.24. The number of rotatable bonds is 3. The highest BCUT2D eigenvalue weighted by atomic mass is 32.2. The Kier molecular flexibility index (Phi) is 4.36. The van der Waals surface area contributed by atoms with E-state index in [0.29, 0.717) is 5.17 Å². The first-order chi connectivity index (χ1) is 9.68. The lowest BCUT2D eigenvalue weighted by atomic mass is 10.1. The molecule has 0 fully saturated rings. The van der Waals surface area contributed by atoms with Gasteiger partial charge in [0.1, 0.15) is 5.76 Å². The molecule has 1 atom stereocenters. The number of hydrogen-bond donors (Lipinski definition) is 1. The first-order valence-electron chi connectivity index (χ1n) is 6.38. The molecule has 4 nitrogen and oxygen atoms in total. The van der Waals surface area contributed by atoms with Gasteiger partial charge in [0.2, 0.25) is 5.76 Å². The topological polar surface area (TPSA) is 54.6 Å². The molecule has 1 aliphatic heterocycles. The Hall–Kier alpha value is -1.44. The molecule has 0 aliphatic carbocycles. The standard InChI is InChI=1S/C13H15F3N2O2S/c1-6(2)9-11(19)18-12(21-9)17-5-8-4-7(3)20-10(8)13(14,15)16/h4,6,9H,5H2,1-3H3,(H,17,18,19)/t9-/m0/s1. The van der Waals surface area contributed by atoms with E-state index < -0.39 is 11.9 Å². The molecule has 21 heavy (non-hydrogen) atoms. The highest BCUT2D eigenvalue weighted by Gasteiger charge is 2.38. The van der Waals surface area contributed by atoms with E-state index in [1.807, 2.05) is 13.8 Å². The van der Waals surface area contributed by atoms with Crippen LogP contribution in [0.2, 0.25) is 0 Å². The number of nitrogens with one attached hydrogen (secondary N) is 1. The predicted octanol–water partition coefficient (Wildman–Crippen LogP) is 3.35. The molecule has 1 aromatic rings. The van der Waals surface area contributed by atoms with Crippen LogP contribution >= 0.6 is 11.8 Å². The van der Waals surface area contributed by atoms with Gasteiger partial charge >= 0.3 is 6.18 Å². The molecule has 0 spiro atoms. The highest BCUT2D eigenvalue weighted by molar-refractivity contribution is 8.15. The third-order valence-corrected chi connectivity index (χ3v) is 4.38. The van der Waals surface area contributed by atoms with Crippen LogP contribution in [-0.2, 0) is 17.5 Å². The summed E-state index contributed by atoms with van der Waals surface area (Å²) in [6.07, 6.45) is -4.54. The van der Waals surface area contributed by atoms with Gasteiger partial charge in [-0.1, -0.05) is 25.6 Å². The van der Waals surface area contributed by atoms with Crippen molar-refractivity contribution in [3.8, 4) is 0 Å². The number of hydrogen-bond acceptors (Lipinski definition) is 4. The predicted molar refractivity (Wildman–Crippen MR) is 73.9 cm³/mol. The minimum Gasteiger partial charge on any atom is -0.456 e. The summed E-state index contributed by atoms with van der Waals surface area (Å²) in [6, 6.07) is 1.33. The molecule has 0 radical (unpaired) electrons. The summed E-state index contributed by atoms with van der Waals surface area (Å²) in [4.78, 5) is 15.4. The van der Waals surface area contributed by atoms with Gasteiger partial charge in [0.25, 0.3) is 5.91 Å². The van der Waals surface area contributed by atoms with Crippen LogP contribution in [0.4, 0.5) is 13.2 Å². The number of nitrogens with zero attached hydrogens (tertiary/aromatic N) is 1. The third-order valence-electron chi connectivity index (χ3n) is 2.92. The normalized spacial score (nSPS) is 19.3. The smallest absolute Gasteiger partial charge is 0.449 e. The molecule has 2 heterocycles. The summed E-state index contributed by atoms with van der Waals surface area (Å²) in [7, 11) is 0. The van der Waals surface area contributed by atoms with Gasteiger partial charge in [-0.15, -0.1) is 0 Å². The fourth-order valence-electron chi connectivity index (χ4n) is 1.97. The average molecular weight is 320 g/mol. The van der Waals surface area contributed by atoms with Gasteiger partial charge in [-0.25, -0.2) is 0 Å². The molecule has 0 aromatic carbocycles. The zero-order chi connectivity index (χ0) is 15.8. The number of thioether (sulfide) groups is 1. The Bertz CT molecular complexity index is 578. The van der Waals surface area contributed by atoms with Gasteiger partial charge in [-0.3, -0.25) is 4.79 Å². The molecule has 1 amide bonds. The van der Waals surface area contributed by atoms with E-state index >= 15 is 0 Å². The maximum Gasteiger partial charge on any atom is 0.449 e. The Balaban J connectivity index is 2.05. The van der Waals surface area contributed by atoms with E-state index in [1.165, 1.54) is 24.8 Å². The van der Waals surface area contributed by atoms with E-state index in [1.54, 1.807) is 0 Å². The minimum absolute atomic E-state index is 0.00347. The van der Waals surface area contributed by atoms with E-state index in [-0.39, 0.29) is 34.9 Å². The largest absolute Gasteiger partial charge is 0.456 e. The molecule has 0 bridgehead atoms. The number of aliphatic imine (C=N–C) groups is 1. The molecule has 1 aromatic heterocycles. The third kappa shape index (κ3) is 3.61. The Morgan fingerprint density at radius 3 is 2.67 bits per heavy atom. The second-order valence-electron chi connectivity index (χ2n) is 5.10. The minimum atomic E-state index is -4.54. The van der Waals surface area contributed by atoms with Crippen molar-refractivity contribution in [3.63, 3.8) is 0 Å². The number of carbonyl (C=O) groups is 1. The summed E-state index contributed by atoms with van der Waals surface area (Å²) in [5.41, 5.74) is 0.00347. The fourth-order valence-corrected chi connectivity index (χ4v) is 2.94. The first kappa shape index (κ1) is 15.9. The molecule has 2 rings (SSSR count). The number of carbonyl (C=O) groups excluding carboxylic acids is 1. The molecule has 8 heteroatoms. The van der Waals surface area contributed by atoms with E-state index in [0.717, 1.165) is 0 Å². The molecule has 116 valence electrons. The van der Waals surface area contributed by atoms with Crippen LogP contribution in [0.25, 0.3) is 0 Å². The Labute approximate surface area is 124 Å². The van der Waals surface area contributed by atoms with Gasteiger partial charge in [-0.2, -0.15) is 18.2 Å². The second-order valence-corrected chi connectivity index (χ2v) is 6.23. The first-order valence-corrected chi connectivity index (χ1v) is 7.26. The van der Waals surface area contributed by atoms with E-state index in [9.17, 15) is 18.0 Å². The van der Waals surface area contributed by atoms with Crippen LogP contribution in [0.1, 0.15) is 30.9 Å². The van der Waals surface area contributed by atoms with Gasteiger partial charge < -0.3 is 9.73 Å². The Morgan fingerprint density at radius 1 is 1.48 bits per heavy atom. The number of amidine groups is 1. The van der Waals surface area contributed by atoms with Crippen LogP contribution < -0.4 is 5.32 Å². The van der Waals surface area contributed by atoms with E-state index in [2.05, 4.69) is 10.3 Å². The van der Waals surface area contributed by atoms with Crippen molar-refractivity contribution in [2.45, 2.75) is 38.7 Å².